The van der Waals surface area contributed by atoms with Crippen molar-refractivity contribution in [1.29, 1.82) is 0 Å². The molecule has 1 aromatic heterocycles. The lowest BCUT2D eigenvalue weighted by Gasteiger charge is -2.18. The second kappa shape index (κ2) is 8.02. The lowest BCUT2D eigenvalue weighted by Crippen LogP contribution is -2.25. The number of benzene rings is 1. The monoisotopic (exact) mass is 290 g/mol. The summed E-state index contributed by atoms with van der Waals surface area (Å²) >= 11 is 1.74. The summed E-state index contributed by atoms with van der Waals surface area (Å²) < 4.78 is 5.46. The zero-order chi connectivity index (χ0) is 14.2. The van der Waals surface area contributed by atoms with E-state index in [2.05, 4.69) is 29.4 Å². The number of ether oxygens (including phenoxy) is 1. The molecule has 2 rings (SSSR count). The number of methoxy groups -OCH3 is 1. The summed E-state index contributed by atoms with van der Waals surface area (Å²) in [5, 5.41) is 3.46. The molecule has 0 fully saturated rings. The third-order valence-corrected chi connectivity index (χ3v) is 4.16. The Morgan fingerprint density at radius 2 is 2.15 bits per heavy atom. The van der Waals surface area contributed by atoms with Crippen molar-refractivity contribution in [2.45, 2.75) is 19.8 Å². The van der Waals surface area contributed by atoms with Crippen molar-refractivity contribution in [3.05, 3.63) is 46.4 Å². The average Bonchev–Trinajstić information content (AvgIpc) is 2.98. The van der Waals surface area contributed by atoms with Gasteiger partial charge in [0.2, 0.25) is 0 Å². The van der Waals surface area contributed by atoms with Gasteiger partial charge in [-0.15, -0.1) is 11.3 Å². The van der Waals surface area contributed by atoms with Gasteiger partial charge in [-0.2, -0.15) is 0 Å². The van der Waals surface area contributed by atoms with Gasteiger partial charge in [-0.1, -0.05) is 25.1 Å². The van der Waals surface area contributed by atoms with E-state index in [1.54, 1.807) is 18.4 Å². The van der Waals surface area contributed by atoms with Crippen molar-refractivity contribution in [1.82, 2.24) is 10.3 Å². The van der Waals surface area contributed by atoms with Crippen LogP contribution in [0.1, 0.15) is 17.4 Å². The minimum absolute atomic E-state index is 0.562. The van der Waals surface area contributed by atoms with Crippen molar-refractivity contribution in [3.8, 4) is 5.75 Å². The number of hydrogen-bond acceptors (Lipinski definition) is 4. The minimum atomic E-state index is 0.562. The summed E-state index contributed by atoms with van der Waals surface area (Å²) in [7, 11) is 1.74. The summed E-state index contributed by atoms with van der Waals surface area (Å²) in [4.78, 5) is 5.52. The Morgan fingerprint density at radius 1 is 1.30 bits per heavy atom. The first-order valence-electron chi connectivity index (χ1n) is 7.03. The fourth-order valence-corrected chi connectivity index (χ4v) is 3.09. The average molecular weight is 290 g/mol. The second-order valence-electron chi connectivity index (χ2n) is 4.86. The number of para-hydroxylation sites is 1. The molecule has 0 aliphatic heterocycles. The molecule has 1 heterocycles. The van der Waals surface area contributed by atoms with E-state index in [0.717, 1.165) is 31.7 Å². The second-order valence-corrected chi connectivity index (χ2v) is 5.83. The lowest BCUT2D eigenvalue weighted by molar-refractivity contribution is 0.401. The summed E-state index contributed by atoms with van der Waals surface area (Å²) in [5.74, 6) is 1.55. The van der Waals surface area contributed by atoms with Gasteiger partial charge < -0.3 is 10.1 Å². The van der Waals surface area contributed by atoms with Gasteiger partial charge in [0.05, 0.1) is 12.6 Å². The molecule has 1 atom stereocenters. The summed E-state index contributed by atoms with van der Waals surface area (Å²) in [5.41, 5.74) is 3.19. The highest BCUT2D eigenvalue weighted by Gasteiger charge is 2.14. The first-order chi connectivity index (χ1) is 9.83. The smallest absolute Gasteiger partial charge is 0.122 e. The molecule has 20 heavy (non-hydrogen) atoms. The Morgan fingerprint density at radius 3 is 2.85 bits per heavy atom. The molecule has 0 saturated heterocycles. The molecule has 2 aromatic rings. The molecular weight excluding hydrogens is 268 g/mol. The normalized spacial score (nSPS) is 12.3. The van der Waals surface area contributed by atoms with Gasteiger partial charge in [-0.25, -0.2) is 0 Å². The fourth-order valence-electron chi connectivity index (χ4n) is 2.38. The third-order valence-electron chi connectivity index (χ3n) is 3.36. The van der Waals surface area contributed by atoms with Crippen molar-refractivity contribution < 1.29 is 4.74 Å². The lowest BCUT2D eigenvalue weighted by atomic mass is 9.95. The Bertz CT molecular complexity index is 499. The van der Waals surface area contributed by atoms with E-state index in [9.17, 15) is 0 Å². The Kier molecular flexibility index (Phi) is 6.02. The molecule has 0 amide bonds. The molecule has 1 N–H and O–H groups in total. The molecule has 0 aliphatic rings. The van der Waals surface area contributed by atoms with Crippen LogP contribution in [0.25, 0.3) is 0 Å². The number of nitrogens with zero attached hydrogens (tertiary/aromatic N) is 1. The molecule has 0 saturated carbocycles. The van der Waals surface area contributed by atoms with Crippen LogP contribution < -0.4 is 10.1 Å². The maximum Gasteiger partial charge on any atom is 0.122 e. The van der Waals surface area contributed by atoms with Crippen LogP contribution in [0.15, 0.2) is 36.0 Å². The maximum absolute atomic E-state index is 5.46. The number of rotatable bonds is 8. The van der Waals surface area contributed by atoms with Gasteiger partial charge >= 0.3 is 0 Å². The summed E-state index contributed by atoms with van der Waals surface area (Å²) in [6.07, 6.45) is 4.07. The molecule has 1 unspecified atom stereocenters. The van der Waals surface area contributed by atoms with E-state index in [1.165, 1.54) is 10.4 Å². The van der Waals surface area contributed by atoms with Gasteiger partial charge in [-0.3, -0.25) is 4.98 Å². The zero-order valence-corrected chi connectivity index (χ0v) is 13.0. The van der Waals surface area contributed by atoms with Crippen LogP contribution in [0.2, 0.25) is 0 Å². The van der Waals surface area contributed by atoms with Gasteiger partial charge in [0.1, 0.15) is 5.75 Å². The van der Waals surface area contributed by atoms with Gasteiger partial charge in [0, 0.05) is 11.1 Å². The molecule has 3 nitrogen and oxygen atoms in total. The third kappa shape index (κ3) is 4.32. The molecule has 108 valence electrons. The number of thiazole rings is 1. The molecule has 0 radical (unpaired) electrons. The maximum atomic E-state index is 5.46. The van der Waals surface area contributed by atoms with E-state index >= 15 is 0 Å². The molecule has 0 bridgehead atoms. The number of nitrogens with one attached hydrogen (secondary N) is 1. The first-order valence-corrected chi connectivity index (χ1v) is 7.91. The molecule has 1 aromatic carbocycles. The Balaban J connectivity index is 2.06. The van der Waals surface area contributed by atoms with Crippen molar-refractivity contribution in [3.63, 3.8) is 0 Å². The van der Waals surface area contributed by atoms with Crippen molar-refractivity contribution in [2.24, 2.45) is 5.92 Å². The highest BCUT2D eigenvalue weighted by atomic mass is 32.1. The van der Waals surface area contributed by atoms with Crippen molar-refractivity contribution in [2.75, 3.05) is 20.2 Å². The fraction of sp³-hybridized carbons (Fsp3) is 0.438. The van der Waals surface area contributed by atoms with Crippen LogP contribution >= 0.6 is 11.3 Å². The molecular formula is C16H22N2OS. The predicted octanol–water partition coefficient (Wildman–Crippen LogP) is 3.16. The SMILES string of the molecule is CCNCC(Cc1cncs1)Cc1ccccc1OC. The number of aromatic nitrogens is 1. The van der Waals surface area contributed by atoms with E-state index in [1.807, 2.05) is 23.8 Å². The van der Waals surface area contributed by atoms with Crippen LogP contribution in [0, 0.1) is 5.92 Å². The van der Waals surface area contributed by atoms with Crippen LogP contribution in [-0.2, 0) is 12.8 Å². The zero-order valence-electron chi connectivity index (χ0n) is 12.1. The Labute approximate surface area is 125 Å². The van der Waals surface area contributed by atoms with Crippen molar-refractivity contribution >= 4 is 11.3 Å². The van der Waals surface area contributed by atoms with Gasteiger partial charge in [0.25, 0.3) is 0 Å². The highest BCUT2D eigenvalue weighted by molar-refractivity contribution is 7.09. The van der Waals surface area contributed by atoms with Crippen LogP contribution in [0.5, 0.6) is 5.75 Å². The standard InChI is InChI=1S/C16H22N2OS/c1-3-17-10-13(9-15-11-18-12-20-15)8-14-6-4-5-7-16(14)19-2/h4-7,11-13,17H,3,8-10H2,1-2H3. The molecule has 0 aliphatic carbocycles. The van der Waals surface area contributed by atoms with Crippen LogP contribution in [0.4, 0.5) is 0 Å². The van der Waals surface area contributed by atoms with E-state index in [4.69, 9.17) is 4.74 Å². The Hall–Kier alpha value is -1.39. The van der Waals surface area contributed by atoms with Gasteiger partial charge in [-0.05, 0) is 43.5 Å². The minimum Gasteiger partial charge on any atom is -0.496 e. The van der Waals surface area contributed by atoms with E-state index < -0.39 is 0 Å². The largest absolute Gasteiger partial charge is 0.496 e. The van der Waals surface area contributed by atoms with Gasteiger partial charge in [0.15, 0.2) is 0 Å². The van der Waals surface area contributed by atoms with E-state index in [-0.39, 0.29) is 0 Å². The first kappa shape index (κ1) is 15.0. The van der Waals surface area contributed by atoms with Crippen LogP contribution in [0.3, 0.4) is 0 Å². The quantitative estimate of drug-likeness (QED) is 0.811. The highest BCUT2D eigenvalue weighted by Crippen LogP contribution is 2.23. The molecule has 4 heteroatoms. The van der Waals surface area contributed by atoms with Crippen LogP contribution in [-0.4, -0.2) is 25.2 Å². The predicted molar refractivity (Wildman–Crippen MR) is 84.5 cm³/mol. The summed E-state index contributed by atoms with van der Waals surface area (Å²) in [6.45, 7) is 4.17. The molecule has 0 spiro atoms. The van der Waals surface area contributed by atoms with E-state index in [0.29, 0.717) is 5.92 Å². The topological polar surface area (TPSA) is 34.2 Å². The summed E-state index contributed by atoms with van der Waals surface area (Å²) in [6, 6.07) is 8.29. The number of hydrogen-bond donors (Lipinski definition) is 1.